The Morgan fingerprint density at radius 1 is 1.12 bits per heavy atom. The van der Waals surface area contributed by atoms with Gasteiger partial charge in [0.1, 0.15) is 5.75 Å². The van der Waals surface area contributed by atoms with E-state index >= 15 is 0 Å². The fourth-order valence-electron chi connectivity index (χ4n) is 3.08. The van der Waals surface area contributed by atoms with Gasteiger partial charge in [0.25, 0.3) is 0 Å². The molecule has 1 aromatic heterocycles. The molecule has 3 nitrogen and oxygen atoms in total. The number of aromatic hydroxyl groups is 1. The molecule has 1 aliphatic rings. The fraction of sp³-hybridized carbons (Fsp3) is 0.105. The molecule has 5 heteroatoms. The summed E-state index contributed by atoms with van der Waals surface area (Å²) in [6.45, 7) is 0.599. The number of phenolic OH excluding ortho intramolecular Hbond substituents is 1. The molecule has 0 fully saturated rings. The lowest BCUT2D eigenvalue weighted by atomic mass is 9.86. The van der Waals surface area contributed by atoms with Gasteiger partial charge in [0.15, 0.2) is 5.78 Å². The molecule has 0 saturated carbocycles. The van der Waals surface area contributed by atoms with E-state index in [1.807, 2.05) is 47.8 Å². The van der Waals surface area contributed by atoms with Crippen LogP contribution in [0.2, 0.25) is 0 Å². The number of halogens is 1. The maximum Gasteiger partial charge on any atom is 0.175 e. The minimum absolute atomic E-state index is 0.105. The number of rotatable bonds is 2. The third kappa shape index (κ3) is 2.54. The van der Waals surface area contributed by atoms with Crippen molar-refractivity contribution in [2.24, 2.45) is 0 Å². The number of nitrogens with one attached hydrogen (secondary N) is 1. The van der Waals surface area contributed by atoms with Crippen LogP contribution in [0.1, 0.15) is 21.8 Å². The predicted octanol–water partition coefficient (Wildman–Crippen LogP) is 5.28. The number of hydrogen-bond acceptors (Lipinski definition) is 4. The minimum Gasteiger partial charge on any atom is -0.507 e. The van der Waals surface area contributed by atoms with Gasteiger partial charge >= 0.3 is 0 Å². The van der Waals surface area contributed by atoms with Crippen molar-refractivity contribution >= 4 is 38.1 Å². The van der Waals surface area contributed by atoms with Crippen molar-refractivity contribution in [1.82, 2.24) is 0 Å². The van der Waals surface area contributed by atoms with E-state index in [1.54, 1.807) is 6.07 Å². The van der Waals surface area contributed by atoms with E-state index in [0.29, 0.717) is 17.7 Å². The summed E-state index contributed by atoms with van der Waals surface area (Å²) in [7, 11) is 0. The molecular formula is C19H14BrNO2S. The van der Waals surface area contributed by atoms with Gasteiger partial charge < -0.3 is 10.4 Å². The number of carbonyl (C=O) groups is 1. The average molecular weight is 400 g/mol. The first-order valence-electron chi connectivity index (χ1n) is 7.58. The molecule has 1 aliphatic heterocycles. The zero-order valence-corrected chi connectivity index (χ0v) is 15.0. The van der Waals surface area contributed by atoms with Gasteiger partial charge in [-0.1, -0.05) is 46.3 Å². The summed E-state index contributed by atoms with van der Waals surface area (Å²) in [5, 5.41) is 16.5. The van der Waals surface area contributed by atoms with Crippen LogP contribution in [0.4, 0.5) is 5.00 Å². The van der Waals surface area contributed by atoms with Crippen LogP contribution in [0.25, 0.3) is 11.1 Å². The van der Waals surface area contributed by atoms with E-state index in [4.69, 9.17) is 0 Å². The number of benzene rings is 2. The van der Waals surface area contributed by atoms with Gasteiger partial charge in [-0.25, -0.2) is 0 Å². The van der Waals surface area contributed by atoms with Crippen molar-refractivity contribution in [3.05, 3.63) is 69.5 Å². The van der Waals surface area contributed by atoms with Crippen LogP contribution in [0.15, 0.2) is 58.4 Å². The largest absolute Gasteiger partial charge is 0.507 e. The summed E-state index contributed by atoms with van der Waals surface area (Å²) in [5.74, 6) is 0.0674. The molecule has 2 N–H and O–H groups in total. The Hall–Kier alpha value is -2.11. The standard InChI is InChI=1S/C19H14BrNO2S/c20-12-6-7-13(16(22)8-12)15-10-24-19-17(15)18(23)14(9-21-19)11-4-2-1-3-5-11/h1-8,10,14,21-22H,9H2. The van der Waals surface area contributed by atoms with E-state index in [2.05, 4.69) is 21.2 Å². The minimum atomic E-state index is -0.204. The van der Waals surface area contributed by atoms with Gasteiger partial charge in [-0.3, -0.25) is 4.79 Å². The number of thiophene rings is 1. The zero-order valence-electron chi connectivity index (χ0n) is 12.6. The summed E-state index contributed by atoms with van der Waals surface area (Å²) in [6, 6.07) is 15.2. The molecule has 1 atom stereocenters. The summed E-state index contributed by atoms with van der Waals surface area (Å²) < 4.78 is 0.805. The highest BCUT2D eigenvalue weighted by atomic mass is 79.9. The number of Topliss-reactive ketones (excluding diaryl/α,β-unsaturated/α-hetero) is 1. The van der Waals surface area contributed by atoms with Crippen LogP contribution in [-0.4, -0.2) is 17.4 Å². The van der Waals surface area contributed by atoms with Crippen LogP contribution in [0.5, 0.6) is 5.75 Å². The molecule has 24 heavy (non-hydrogen) atoms. The molecule has 0 aliphatic carbocycles. The molecule has 0 radical (unpaired) electrons. The van der Waals surface area contributed by atoms with Crippen molar-refractivity contribution in [3.63, 3.8) is 0 Å². The number of hydrogen-bond donors (Lipinski definition) is 2. The normalized spacial score (nSPS) is 16.5. The third-order valence-corrected chi connectivity index (χ3v) is 5.70. The molecule has 0 amide bonds. The van der Waals surface area contributed by atoms with E-state index in [1.165, 1.54) is 11.3 Å². The molecule has 2 heterocycles. The SMILES string of the molecule is O=C1c2c(-c3ccc(Br)cc3O)csc2NCC1c1ccccc1. The number of fused-ring (bicyclic) bond motifs is 1. The number of ketones is 1. The molecule has 120 valence electrons. The Morgan fingerprint density at radius 3 is 2.67 bits per heavy atom. The second kappa shape index (κ2) is 6.07. The highest BCUT2D eigenvalue weighted by Crippen LogP contribution is 2.44. The van der Waals surface area contributed by atoms with Crippen molar-refractivity contribution in [2.45, 2.75) is 5.92 Å². The van der Waals surface area contributed by atoms with Crippen LogP contribution in [0, 0.1) is 0 Å². The van der Waals surface area contributed by atoms with Gasteiger partial charge in [-0.05, 0) is 23.8 Å². The Balaban J connectivity index is 1.80. The van der Waals surface area contributed by atoms with Crippen molar-refractivity contribution < 1.29 is 9.90 Å². The second-order valence-corrected chi connectivity index (χ2v) is 7.52. The Labute approximate surface area is 152 Å². The van der Waals surface area contributed by atoms with E-state index in [-0.39, 0.29) is 17.5 Å². The first-order valence-corrected chi connectivity index (χ1v) is 9.26. The summed E-state index contributed by atoms with van der Waals surface area (Å²) in [4.78, 5) is 13.1. The first kappa shape index (κ1) is 15.4. The number of carbonyl (C=O) groups excluding carboxylic acids is 1. The highest BCUT2D eigenvalue weighted by molar-refractivity contribution is 9.10. The molecule has 0 saturated heterocycles. The molecule has 4 rings (SSSR count). The van der Waals surface area contributed by atoms with Crippen LogP contribution < -0.4 is 5.32 Å². The van der Waals surface area contributed by atoms with E-state index in [9.17, 15) is 9.90 Å². The topological polar surface area (TPSA) is 49.3 Å². The fourth-order valence-corrected chi connectivity index (χ4v) is 4.40. The Kier molecular flexibility index (Phi) is 3.90. The Bertz CT molecular complexity index is 920. The zero-order chi connectivity index (χ0) is 16.7. The summed E-state index contributed by atoms with van der Waals surface area (Å²) >= 11 is 4.86. The highest BCUT2D eigenvalue weighted by Gasteiger charge is 2.32. The van der Waals surface area contributed by atoms with Gasteiger partial charge in [-0.15, -0.1) is 11.3 Å². The van der Waals surface area contributed by atoms with Gasteiger partial charge in [-0.2, -0.15) is 0 Å². The van der Waals surface area contributed by atoms with E-state index < -0.39 is 0 Å². The molecule has 0 spiro atoms. The molecule has 1 unspecified atom stereocenters. The van der Waals surface area contributed by atoms with Gasteiger partial charge in [0.2, 0.25) is 0 Å². The van der Waals surface area contributed by atoms with Crippen molar-refractivity contribution in [3.8, 4) is 16.9 Å². The van der Waals surface area contributed by atoms with E-state index in [0.717, 1.165) is 20.6 Å². The smallest absolute Gasteiger partial charge is 0.175 e. The summed E-state index contributed by atoms with van der Waals surface area (Å²) in [6.07, 6.45) is 0. The average Bonchev–Trinajstić information content (AvgIpc) is 3.01. The predicted molar refractivity (Wildman–Crippen MR) is 101 cm³/mol. The Morgan fingerprint density at radius 2 is 1.92 bits per heavy atom. The van der Waals surface area contributed by atoms with Crippen LogP contribution in [0.3, 0.4) is 0 Å². The maximum atomic E-state index is 13.1. The maximum absolute atomic E-state index is 13.1. The lowest BCUT2D eigenvalue weighted by molar-refractivity contribution is 0.0961. The number of phenols is 1. The van der Waals surface area contributed by atoms with Crippen molar-refractivity contribution in [2.75, 3.05) is 11.9 Å². The third-order valence-electron chi connectivity index (χ3n) is 4.27. The van der Waals surface area contributed by atoms with Crippen molar-refractivity contribution in [1.29, 1.82) is 0 Å². The molecular weight excluding hydrogens is 386 g/mol. The molecule has 2 aromatic carbocycles. The second-order valence-electron chi connectivity index (χ2n) is 5.72. The monoisotopic (exact) mass is 399 g/mol. The van der Waals surface area contributed by atoms with Gasteiger partial charge in [0.05, 0.1) is 16.5 Å². The van der Waals surface area contributed by atoms with Gasteiger partial charge in [0, 0.05) is 27.5 Å². The molecule has 3 aromatic rings. The quantitative estimate of drug-likeness (QED) is 0.616. The first-order chi connectivity index (χ1) is 11.6. The summed E-state index contributed by atoms with van der Waals surface area (Å²) in [5.41, 5.74) is 3.16. The number of anilines is 1. The lowest BCUT2D eigenvalue weighted by Crippen LogP contribution is -2.27. The van der Waals surface area contributed by atoms with Crippen LogP contribution >= 0.6 is 27.3 Å². The lowest BCUT2D eigenvalue weighted by Gasteiger charge is -2.24. The van der Waals surface area contributed by atoms with Crippen LogP contribution in [-0.2, 0) is 0 Å². The molecule has 0 bridgehead atoms.